The van der Waals surface area contributed by atoms with Gasteiger partial charge in [0, 0.05) is 63.5 Å². The number of carbonyl (C=O) groups excluding carboxylic acids is 1. The van der Waals surface area contributed by atoms with E-state index in [-0.39, 0.29) is 23.8 Å². The van der Waals surface area contributed by atoms with E-state index in [2.05, 4.69) is 21.9 Å². The van der Waals surface area contributed by atoms with Gasteiger partial charge in [0.1, 0.15) is 0 Å². The second kappa shape index (κ2) is 8.61. The summed E-state index contributed by atoms with van der Waals surface area (Å²) in [6.07, 6.45) is 1.49. The molecule has 0 aromatic heterocycles. The number of hydrogen-bond acceptors (Lipinski definition) is 6. The maximum absolute atomic E-state index is 12.1. The van der Waals surface area contributed by atoms with E-state index in [9.17, 15) is 13.2 Å². The topological polar surface area (TPSA) is 84.7 Å². The molecule has 27 heavy (non-hydrogen) atoms. The number of carbonyl (C=O) groups is 1. The number of amides is 1. The van der Waals surface area contributed by atoms with Crippen LogP contribution in [-0.4, -0.2) is 70.0 Å². The van der Waals surface area contributed by atoms with Crippen LogP contribution < -0.4 is 9.80 Å². The molecule has 1 amide bonds. The summed E-state index contributed by atoms with van der Waals surface area (Å²) in [6.45, 7) is 4.18. The third-order valence-electron chi connectivity index (χ3n) is 5.22. The first-order valence-electron chi connectivity index (χ1n) is 9.44. The number of benzene rings is 1. The van der Waals surface area contributed by atoms with Gasteiger partial charge in [0.15, 0.2) is 9.84 Å². The quantitative estimate of drug-likeness (QED) is 0.770. The van der Waals surface area contributed by atoms with E-state index in [1.165, 1.54) is 0 Å². The summed E-state index contributed by atoms with van der Waals surface area (Å²) in [7, 11) is -2.87. The van der Waals surface area contributed by atoms with Crippen LogP contribution >= 0.6 is 0 Å². The SMILES string of the molecule is N#CCCC(=O)N1CCCN(c2ccc(N3CCS(=O)(=O)CC3)cc2)CC1. The molecule has 0 bridgehead atoms. The number of rotatable bonds is 4. The second-order valence-electron chi connectivity index (χ2n) is 7.03. The van der Waals surface area contributed by atoms with Crippen LogP contribution in [0.3, 0.4) is 0 Å². The van der Waals surface area contributed by atoms with Crippen molar-refractivity contribution in [1.82, 2.24) is 4.90 Å². The van der Waals surface area contributed by atoms with Gasteiger partial charge in [0.05, 0.1) is 17.6 Å². The van der Waals surface area contributed by atoms with Gasteiger partial charge in [-0.25, -0.2) is 8.42 Å². The van der Waals surface area contributed by atoms with Crippen molar-refractivity contribution in [3.63, 3.8) is 0 Å². The minimum atomic E-state index is -2.87. The maximum atomic E-state index is 12.1. The summed E-state index contributed by atoms with van der Waals surface area (Å²) >= 11 is 0. The maximum Gasteiger partial charge on any atom is 0.223 e. The van der Waals surface area contributed by atoms with Gasteiger partial charge in [0.25, 0.3) is 0 Å². The van der Waals surface area contributed by atoms with Crippen molar-refractivity contribution in [1.29, 1.82) is 5.26 Å². The Morgan fingerprint density at radius 2 is 1.52 bits per heavy atom. The molecule has 146 valence electrons. The van der Waals surface area contributed by atoms with E-state index >= 15 is 0 Å². The fraction of sp³-hybridized carbons (Fsp3) is 0.579. The van der Waals surface area contributed by atoms with E-state index in [0.29, 0.717) is 26.1 Å². The zero-order chi connectivity index (χ0) is 19.3. The Morgan fingerprint density at radius 3 is 2.11 bits per heavy atom. The van der Waals surface area contributed by atoms with Crippen molar-refractivity contribution >= 4 is 27.1 Å². The Morgan fingerprint density at radius 1 is 0.926 bits per heavy atom. The molecule has 2 aliphatic heterocycles. The number of nitriles is 1. The predicted octanol–water partition coefficient (Wildman–Crippen LogP) is 1.26. The van der Waals surface area contributed by atoms with Gasteiger partial charge in [-0.15, -0.1) is 0 Å². The largest absolute Gasteiger partial charge is 0.370 e. The third-order valence-corrected chi connectivity index (χ3v) is 6.83. The lowest BCUT2D eigenvalue weighted by atomic mass is 10.2. The van der Waals surface area contributed by atoms with Crippen molar-refractivity contribution in [2.75, 3.05) is 60.6 Å². The Kier molecular flexibility index (Phi) is 6.22. The van der Waals surface area contributed by atoms with Crippen LogP contribution in [0.4, 0.5) is 11.4 Å². The van der Waals surface area contributed by atoms with Crippen LogP contribution in [0.2, 0.25) is 0 Å². The van der Waals surface area contributed by atoms with Crippen LogP contribution in [0.15, 0.2) is 24.3 Å². The highest BCUT2D eigenvalue weighted by Gasteiger charge is 2.22. The monoisotopic (exact) mass is 390 g/mol. The molecule has 7 nitrogen and oxygen atoms in total. The molecular weight excluding hydrogens is 364 g/mol. The number of anilines is 2. The second-order valence-corrected chi connectivity index (χ2v) is 9.34. The van der Waals surface area contributed by atoms with E-state index < -0.39 is 9.84 Å². The van der Waals surface area contributed by atoms with Crippen molar-refractivity contribution in [2.24, 2.45) is 0 Å². The van der Waals surface area contributed by atoms with E-state index in [4.69, 9.17) is 5.26 Å². The number of nitrogens with zero attached hydrogens (tertiary/aromatic N) is 4. The Balaban J connectivity index is 1.57. The van der Waals surface area contributed by atoms with Crippen LogP contribution in [0.1, 0.15) is 19.3 Å². The Bertz CT molecular complexity index is 787. The summed E-state index contributed by atoms with van der Waals surface area (Å²) in [5, 5.41) is 8.64. The first-order valence-corrected chi connectivity index (χ1v) is 11.3. The summed E-state index contributed by atoms with van der Waals surface area (Å²) in [4.78, 5) is 18.4. The Labute approximate surface area is 161 Å². The van der Waals surface area contributed by atoms with Crippen LogP contribution in [0.5, 0.6) is 0 Å². The molecule has 3 rings (SSSR count). The van der Waals surface area contributed by atoms with Crippen LogP contribution in [-0.2, 0) is 14.6 Å². The zero-order valence-corrected chi connectivity index (χ0v) is 16.3. The Hall–Kier alpha value is -2.27. The van der Waals surface area contributed by atoms with E-state index in [0.717, 1.165) is 37.4 Å². The lowest BCUT2D eigenvalue weighted by molar-refractivity contribution is -0.130. The summed E-state index contributed by atoms with van der Waals surface area (Å²) < 4.78 is 23.2. The van der Waals surface area contributed by atoms with E-state index in [1.807, 2.05) is 23.1 Å². The average molecular weight is 391 g/mol. The number of sulfone groups is 1. The summed E-state index contributed by atoms with van der Waals surface area (Å²) in [5.74, 6) is 0.501. The molecule has 0 radical (unpaired) electrons. The predicted molar refractivity (Wildman–Crippen MR) is 106 cm³/mol. The van der Waals surface area contributed by atoms with Gasteiger partial charge in [-0.05, 0) is 30.7 Å². The van der Waals surface area contributed by atoms with Gasteiger partial charge in [0.2, 0.25) is 5.91 Å². The summed E-state index contributed by atoms with van der Waals surface area (Å²) in [5.41, 5.74) is 2.17. The van der Waals surface area contributed by atoms with Gasteiger partial charge in [-0.3, -0.25) is 4.79 Å². The molecule has 2 heterocycles. The highest BCUT2D eigenvalue weighted by atomic mass is 32.2. The third kappa shape index (κ3) is 5.13. The highest BCUT2D eigenvalue weighted by Crippen LogP contribution is 2.23. The molecule has 8 heteroatoms. The molecule has 0 spiro atoms. The van der Waals surface area contributed by atoms with Crippen molar-refractivity contribution in [2.45, 2.75) is 19.3 Å². The lowest BCUT2D eigenvalue weighted by Crippen LogP contribution is -2.40. The minimum absolute atomic E-state index is 0.0637. The highest BCUT2D eigenvalue weighted by molar-refractivity contribution is 7.91. The normalized spacial score (nSPS) is 20.0. The molecule has 2 aliphatic rings. The first kappa shape index (κ1) is 19.5. The minimum Gasteiger partial charge on any atom is -0.370 e. The van der Waals surface area contributed by atoms with E-state index in [1.54, 1.807) is 0 Å². The zero-order valence-electron chi connectivity index (χ0n) is 15.5. The molecule has 1 aromatic rings. The van der Waals surface area contributed by atoms with Crippen molar-refractivity contribution in [3.05, 3.63) is 24.3 Å². The van der Waals surface area contributed by atoms with Crippen LogP contribution in [0.25, 0.3) is 0 Å². The smallest absolute Gasteiger partial charge is 0.223 e. The van der Waals surface area contributed by atoms with Gasteiger partial charge in [-0.1, -0.05) is 0 Å². The first-order chi connectivity index (χ1) is 13.0. The number of hydrogen-bond donors (Lipinski definition) is 0. The molecule has 1 aromatic carbocycles. The lowest BCUT2D eigenvalue weighted by Gasteiger charge is -2.29. The van der Waals surface area contributed by atoms with Crippen molar-refractivity contribution in [3.8, 4) is 6.07 Å². The molecule has 0 atom stereocenters. The molecule has 0 N–H and O–H groups in total. The molecular formula is C19H26N4O3S. The van der Waals surface area contributed by atoms with Crippen LogP contribution in [0, 0.1) is 11.3 Å². The fourth-order valence-electron chi connectivity index (χ4n) is 3.59. The molecule has 0 unspecified atom stereocenters. The molecule has 0 saturated carbocycles. The molecule has 2 fully saturated rings. The standard InChI is InChI=1S/C19H26N4O3S/c20-8-1-3-19(24)23-10-2-9-21(11-12-23)17-4-6-18(7-5-17)22-13-15-27(25,26)16-14-22/h4-7H,1-3,9-16H2. The van der Waals surface area contributed by atoms with Gasteiger partial charge >= 0.3 is 0 Å². The molecule has 0 aliphatic carbocycles. The summed E-state index contributed by atoms with van der Waals surface area (Å²) in [6, 6.07) is 10.3. The fourth-order valence-corrected chi connectivity index (χ4v) is 4.79. The van der Waals surface area contributed by atoms with Gasteiger partial charge < -0.3 is 14.7 Å². The van der Waals surface area contributed by atoms with Gasteiger partial charge in [-0.2, -0.15) is 5.26 Å². The van der Waals surface area contributed by atoms with Crippen molar-refractivity contribution < 1.29 is 13.2 Å². The average Bonchev–Trinajstić information content (AvgIpc) is 2.93. The molecule has 2 saturated heterocycles.